The smallest absolute Gasteiger partial charge is 0.262 e. The van der Waals surface area contributed by atoms with Crippen molar-refractivity contribution in [3.63, 3.8) is 0 Å². The topological polar surface area (TPSA) is 107 Å². The Hall–Kier alpha value is -2.32. The van der Waals surface area contributed by atoms with Gasteiger partial charge in [-0.3, -0.25) is 9.59 Å². The maximum atomic E-state index is 12.2. The number of nitrogens with zero attached hydrogens (tertiary/aromatic N) is 3. The van der Waals surface area contributed by atoms with Gasteiger partial charge >= 0.3 is 0 Å². The lowest BCUT2D eigenvalue weighted by atomic mass is 10.3. The Labute approximate surface area is 139 Å². The number of thioether (sulfide) groups is 1. The summed E-state index contributed by atoms with van der Waals surface area (Å²) in [5, 5.41) is 4.96. The molecule has 1 amide bonds. The van der Waals surface area contributed by atoms with E-state index in [-0.39, 0.29) is 5.56 Å². The Kier molecular flexibility index (Phi) is 4.10. The van der Waals surface area contributed by atoms with Crippen LogP contribution >= 0.6 is 23.4 Å². The Morgan fingerprint density at radius 3 is 2.74 bits per heavy atom. The predicted molar refractivity (Wildman–Crippen MR) is 89.0 cm³/mol. The van der Waals surface area contributed by atoms with E-state index in [0.29, 0.717) is 21.2 Å². The van der Waals surface area contributed by atoms with Gasteiger partial charge < -0.3 is 10.7 Å². The summed E-state index contributed by atoms with van der Waals surface area (Å²) in [6, 6.07) is 7.00. The number of hydrogen-bond acceptors (Lipinski definition) is 5. The van der Waals surface area contributed by atoms with Crippen molar-refractivity contribution in [2.75, 3.05) is 0 Å². The van der Waals surface area contributed by atoms with Gasteiger partial charge in [-0.1, -0.05) is 23.4 Å². The molecule has 2 aromatic heterocycles. The van der Waals surface area contributed by atoms with Crippen LogP contribution in [-0.4, -0.2) is 30.9 Å². The lowest BCUT2D eigenvalue weighted by molar-refractivity contribution is -0.117. The maximum absolute atomic E-state index is 12.2. The van der Waals surface area contributed by atoms with Gasteiger partial charge in [0.1, 0.15) is 5.39 Å². The van der Waals surface area contributed by atoms with Crippen LogP contribution in [0.1, 0.15) is 6.92 Å². The van der Waals surface area contributed by atoms with E-state index in [4.69, 9.17) is 17.3 Å². The molecule has 1 aromatic carbocycles. The molecule has 3 rings (SSSR count). The summed E-state index contributed by atoms with van der Waals surface area (Å²) >= 11 is 6.97. The number of hydrogen-bond donors (Lipinski definition) is 2. The molecule has 3 N–H and O–H groups in total. The maximum Gasteiger partial charge on any atom is 0.262 e. The predicted octanol–water partition coefficient (Wildman–Crippen LogP) is 1.73. The second-order valence-corrected chi connectivity index (χ2v) is 6.57. The van der Waals surface area contributed by atoms with E-state index in [0.717, 1.165) is 17.4 Å². The highest BCUT2D eigenvalue weighted by atomic mass is 35.5. The quantitative estimate of drug-likeness (QED) is 0.551. The first-order valence-electron chi connectivity index (χ1n) is 6.65. The van der Waals surface area contributed by atoms with Crippen molar-refractivity contribution in [2.24, 2.45) is 5.73 Å². The molecule has 0 saturated heterocycles. The zero-order valence-electron chi connectivity index (χ0n) is 12.0. The molecule has 1 atom stereocenters. The minimum atomic E-state index is -0.512. The number of aromatic amines is 1. The molecule has 0 spiro atoms. The molecule has 23 heavy (non-hydrogen) atoms. The fourth-order valence-corrected chi connectivity index (χ4v) is 2.82. The first-order chi connectivity index (χ1) is 11.0. The average Bonchev–Trinajstić information content (AvgIpc) is 2.92. The van der Waals surface area contributed by atoms with Crippen molar-refractivity contribution >= 4 is 40.3 Å². The zero-order chi connectivity index (χ0) is 16.6. The van der Waals surface area contributed by atoms with Crippen molar-refractivity contribution in [2.45, 2.75) is 17.3 Å². The van der Waals surface area contributed by atoms with E-state index in [2.05, 4.69) is 15.1 Å². The van der Waals surface area contributed by atoms with Crippen LogP contribution < -0.4 is 11.3 Å². The van der Waals surface area contributed by atoms with Gasteiger partial charge in [-0.2, -0.15) is 5.10 Å². The van der Waals surface area contributed by atoms with Crippen LogP contribution in [0.3, 0.4) is 0 Å². The number of amides is 1. The molecule has 0 aliphatic heterocycles. The van der Waals surface area contributed by atoms with Crippen molar-refractivity contribution in [3.8, 4) is 5.69 Å². The van der Waals surface area contributed by atoms with Crippen molar-refractivity contribution in [1.29, 1.82) is 0 Å². The third-order valence-corrected chi connectivity index (χ3v) is 4.43. The van der Waals surface area contributed by atoms with Gasteiger partial charge in [0.25, 0.3) is 5.56 Å². The second-order valence-electron chi connectivity index (χ2n) is 4.80. The highest BCUT2D eigenvalue weighted by Crippen LogP contribution is 2.21. The van der Waals surface area contributed by atoms with E-state index in [1.165, 1.54) is 6.20 Å². The van der Waals surface area contributed by atoms with Crippen LogP contribution in [0.5, 0.6) is 0 Å². The largest absolute Gasteiger partial charge is 0.369 e. The molecule has 9 heteroatoms. The molecule has 0 saturated carbocycles. The van der Waals surface area contributed by atoms with Gasteiger partial charge in [-0.05, 0) is 31.2 Å². The third-order valence-electron chi connectivity index (χ3n) is 3.18. The highest BCUT2D eigenvalue weighted by molar-refractivity contribution is 8.00. The first kappa shape index (κ1) is 15.6. The summed E-state index contributed by atoms with van der Waals surface area (Å²) in [5.41, 5.74) is 6.04. The zero-order valence-corrected chi connectivity index (χ0v) is 13.6. The average molecular weight is 350 g/mol. The number of rotatable bonds is 4. The molecule has 0 radical (unpaired) electrons. The van der Waals surface area contributed by atoms with E-state index >= 15 is 0 Å². The summed E-state index contributed by atoms with van der Waals surface area (Å²) in [5.74, 6) is -0.482. The normalized spacial score (nSPS) is 12.4. The number of carbonyl (C=O) groups is 1. The first-order valence-corrected chi connectivity index (χ1v) is 7.91. The molecule has 3 aromatic rings. The van der Waals surface area contributed by atoms with Crippen molar-refractivity contribution < 1.29 is 4.79 Å². The molecule has 0 aliphatic rings. The number of fused-ring (bicyclic) bond motifs is 1. The number of benzene rings is 1. The third kappa shape index (κ3) is 3.08. The molecule has 7 nitrogen and oxygen atoms in total. The summed E-state index contributed by atoms with van der Waals surface area (Å²) in [6.07, 6.45) is 1.45. The number of aromatic nitrogens is 4. The molecule has 0 aliphatic carbocycles. The fraction of sp³-hybridized carbons (Fsp3) is 0.143. The molecule has 118 valence electrons. The van der Waals surface area contributed by atoms with E-state index in [9.17, 15) is 9.59 Å². The molecule has 2 heterocycles. The monoisotopic (exact) mass is 349 g/mol. The van der Waals surface area contributed by atoms with E-state index in [1.54, 1.807) is 35.9 Å². The van der Waals surface area contributed by atoms with Crippen LogP contribution in [0, 0.1) is 0 Å². The molecule has 0 fully saturated rings. The lowest BCUT2D eigenvalue weighted by Crippen LogP contribution is -2.23. The summed E-state index contributed by atoms with van der Waals surface area (Å²) in [7, 11) is 0. The van der Waals surface area contributed by atoms with Gasteiger partial charge in [-0.25, -0.2) is 9.67 Å². The number of nitrogens with two attached hydrogens (primary N) is 1. The highest BCUT2D eigenvalue weighted by Gasteiger charge is 2.16. The second kappa shape index (κ2) is 6.05. The van der Waals surface area contributed by atoms with Gasteiger partial charge in [0.05, 0.1) is 17.1 Å². The van der Waals surface area contributed by atoms with Crippen LogP contribution in [0.4, 0.5) is 0 Å². The van der Waals surface area contributed by atoms with Gasteiger partial charge in [0.2, 0.25) is 5.91 Å². The van der Waals surface area contributed by atoms with Crippen LogP contribution in [0.25, 0.3) is 16.7 Å². The number of halogens is 1. The molecular formula is C14H12ClN5O2S. The van der Waals surface area contributed by atoms with Gasteiger partial charge in [-0.15, -0.1) is 0 Å². The van der Waals surface area contributed by atoms with Crippen LogP contribution in [0.2, 0.25) is 5.02 Å². The minimum absolute atomic E-state index is 0.310. The van der Waals surface area contributed by atoms with Gasteiger partial charge in [0.15, 0.2) is 10.8 Å². The van der Waals surface area contributed by atoms with Crippen LogP contribution in [-0.2, 0) is 4.79 Å². The standard InChI is InChI=1S/C14H12ClN5O2S/c1-7(11(16)21)23-14-18-12-10(13(22)19-14)6-17-20(12)9-4-2-8(15)3-5-9/h2-7H,1H3,(H2,16,21)(H,18,19,22). The molecule has 0 bridgehead atoms. The van der Waals surface area contributed by atoms with Crippen LogP contribution in [0.15, 0.2) is 40.4 Å². The molecule has 1 unspecified atom stereocenters. The Morgan fingerprint density at radius 2 is 2.09 bits per heavy atom. The summed E-state index contributed by atoms with van der Waals surface area (Å²) in [6.45, 7) is 1.65. The van der Waals surface area contributed by atoms with Crippen molar-refractivity contribution in [3.05, 3.63) is 45.8 Å². The van der Waals surface area contributed by atoms with E-state index < -0.39 is 11.2 Å². The Morgan fingerprint density at radius 1 is 1.39 bits per heavy atom. The van der Waals surface area contributed by atoms with Crippen molar-refractivity contribution in [1.82, 2.24) is 19.7 Å². The SMILES string of the molecule is CC(Sc1nc2c(cnn2-c2ccc(Cl)cc2)c(=O)[nH]1)C(N)=O. The van der Waals surface area contributed by atoms with Gasteiger partial charge in [0, 0.05) is 5.02 Å². The Balaban J connectivity index is 2.10. The lowest BCUT2D eigenvalue weighted by Gasteiger charge is -2.07. The van der Waals surface area contributed by atoms with E-state index in [1.807, 2.05) is 0 Å². The molecular weight excluding hydrogens is 338 g/mol. The summed E-state index contributed by atoms with van der Waals surface area (Å²) in [4.78, 5) is 30.3. The number of carbonyl (C=O) groups excluding carboxylic acids is 1. The fourth-order valence-electron chi connectivity index (χ4n) is 1.95. The Bertz CT molecular complexity index is 934. The number of nitrogens with one attached hydrogen (secondary N) is 1. The number of H-pyrrole nitrogens is 1. The number of primary amides is 1. The summed E-state index contributed by atoms with van der Waals surface area (Å²) < 4.78 is 1.54. The minimum Gasteiger partial charge on any atom is -0.369 e.